The van der Waals surface area contributed by atoms with Gasteiger partial charge >= 0.3 is 6.18 Å². The van der Waals surface area contributed by atoms with E-state index in [1.807, 2.05) is 0 Å². The Labute approximate surface area is 99.6 Å². The van der Waals surface area contributed by atoms with Gasteiger partial charge in [0.05, 0.1) is 5.25 Å². The number of H-pyrrole nitrogens is 1. The first-order valence-corrected chi connectivity index (χ1v) is 5.85. The minimum absolute atomic E-state index is 0.150. The molecule has 1 aliphatic heterocycles. The van der Waals surface area contributed by atoms with Gasteiger partial charge in [0.2, 0.25) is 5.91 Å². The lowest BCUT2D eigenvalue weighted by molar-refractivity contribution is -0.157. The van der Waals surface area contributed by atoms with Crippen LogP contribution >= 0.6 is 11.8 Å². The predicted octanol–water partition coefficient (Wildman–Crippen LogP) is 1.67. The molecule has 17 heavy (non-hydrogen) atoms. The van der Waals surface area contributed by atoms with Crippen molar-refractivity contribution in [3.63, 3.8) is 0 Å². The number of nitrogens with zero attached hydrogens (tertiary/aromatic N) is 2. The highest BCUT2D eigenvalue weighted by molar-refractivity contribution is 8.00. The Balaban J connectivity index is 1.93. The van der Waals surface area contributed by atoms with Gasteiger partial charge < -0.3 is 9.88 Å². The summed E-state index contributed by atoms with van der Waals surface area (Å²) in [5.41, 5.74) is 0. The molecule has 1 saturated heterocycles. The lowest BCUT2D eigenvalue weighted by atomic mass is 10.4. The number of aromatic amines is 1. The largest absolute Gasteiger partial charge is 0.406 e. The van der Waals surface area contributed by atoms with Gasteiger partial charge in [-0.3, -0.25) is 4.79 Å². The van der Waals surface area contributed by atoms with E-state index in [4.69, 9.17) is 0 Å². The smallest absolute Gasteiger partial charge is 0.340 e. The second-order valence-electron chi connectivity index (χ2n) is 3.66. The number of aromatic nitrogens is 2. The molecule has 0 spiro atoms. The zero-order valence-corrected chi connectivity index (χ0v) is 9.51. The van der Waals surface area contributed by atoms with E-state index in [0.29, 0.717) is 11.6 Å². The number of carbonyl (C=O) groups is 1. The zero-order valence-electron chi connectivity index (χ0n) is 8.70. The summed E-state index contributed by atoms with van der Waals surface area (Å²) in [5.74, 6) is -0.469. The van der Waals surface area contributed by atoms with Crippen molar-refractivity contribution in [1.29, 1.82) is 0 Å². The molecular weight excluding hydrogens is 255 g/mol. The molecule has 0 aliphatic carbocycles. The second kappa shape index (κ2) is 4.59. The Hall–Kier alpha value is -1.18. The summed E-state index contributed by atoms with van der Waals surface area (Å²) in [4.78, 5) is 19.3. The first kappa shape index (κ1) is 12.3. The standard InChI is InChI=1S/C9H10F3N3OS/c10-9(11,12)5-15-4-1-6(7(15)16)17-8-13-2-3-14-8/h2-3,6H,1,4-5H2,(H,13,14)/t6-/m1/s1. The lowest BCUT2D eigenvalue weighted by Gasteiger charge is -2.18. The Morgan fingerprint density at radius 2 is 2.35 bits per heavy atom. The molecule has 2 heterocycles. The number of nitrogens with one attached hydrogen (secondary N) is 1. The lowest BCUT2D eigenvalue weighted by Crippen LogP contribution is -2.36. The number of hydrogen-bond acceptors (Lipinski definition) is 3. The molecule has 1 N–H and O–H groups in total. The molecule has 2 rings (SSSR count). The van der Waals surface area contributed by atoms with Crippen molar-refractivity contribution in [3.8, 4) is 0 Å². The van der Waals surface area contributed by atoms with Crippen LogP contribution in [0.1, 0.15) is 6.42 Å². The van der Waals surface area contributed by atoms with Crippen LogP contribution in [0.15, 0.2) is 17.6 Å². The Morgan fingerprint density at radius 1 is 1.59 bits per heavy atom. The molecular formula is C9H10F3N3OS. The molecule has 0 bridgehead atoms. The summed E-state index contributed by atoms with van der Waals surface area (Å²) >= 11 is 1.17. The molecule has 0 radical (unpaired) electrons. The molecule has 0 aromatic carbocycles. The van der Waals surface area contributed by atoms with E-state index in [9.17, 15) is 18.0 Å². The summed E-state index contributed by atoms with van der Waals surface area (Å²) in [6, 6.07) is 0. The van der Waals surface area contributed by atoms with E-state index in [2.05, 4.69) is 9.97 Å². The maximum atomic E-state index is 12.2. The first-order valence-electron chi connectivity index (χ1n) is 4.97. The van der Waals surface area contributed by atoms with E-state index in [-0.39, 0.29) is 6.54 Å². The van der Waals surface area contributed by atoms with Crippen LogP contribution in [0, 0.1) is 0 Å². The molecule has 1 aliphatic rings. The summed E-state index contributed by atoms with van der Waals surface area (Å²) in [6.07, 6.45) is -0.773. The minimum atomic E-state index is -4.33. The topological polar surface area (TPSA) is 49.0 Å². The number of likely N-dealkylation sites (tertiary alicyclic amines) is 1. The molecule has 1 aromatic rings. The monoisotopic (exact) mass is 265 g/mol. The van der Waals surface area contributed by atoms with Crippen LogP contribution in [0.3, 0.4) is 0 Å². The minimum Gasteiger partial charge on any atom is -0.340 e. The third kappa shape index (κ3) is 3.15. The van der Waals surface area contributed by atoms with Crippen molar-refractivity contribution in [1.82, 2.24) is 14.9 Å². The Kier molecular flexibility index (Phi) is 3.32. The number of rotatable bonds is 3. The van der Waals surface area contributed by atoms with Gasteiger partial charge in [-0.05, 0) is 6.42 Å². The molecule has 1 atom stereocenters. The summed E-state index contributed by atoms with van der Waals surface area (Å²) in [7, 11) is 0. The highest BCUT2D eigenvalue weighted by Crippen LogP contribution is 2.30. The second-order valence-corrected chi connectivity index (χ2v) is 4.86. The maximum Gasteiger partial charge on any atom is 0.406 e. The fraction of sp³-hybridized carbons (Fsp3) is 0.556. The van der Waals surface area contributed by atoms with Gasteiger partial charge in [-0.15, -0.1) is 0 Å². The normalized spacial score (nSPS) is 21.2. The van der Waals surface area contributed by atoms with Crippen LogP contribution < -0.4 is 0 Å². The number of carbonyl (C=O) groups excluding carboxylic acids is 1. The van der Waals surface area contributed by atoms with Crippen LogP contribution in [0.2, 0.25) is 0 Å². The van der Waals surface area contributed by atoms with Crippen LogP contribution in [-0.2, 0) is 4.79 Å². The Bertz CT molecular complexity index is 393. The van der Waals surface area contributed by atoms with Gasteiger partial charge in [-0.25, -0.2) is 4.98 Å². The summed E-state index contributed by atoms with van der Waals surface area (Å²) < 4.78 is 36.5. The molecule has 0 unspecified atom stereocenters. The number of imidazole rings is 1. The Morgan fingerprint density at radius 3 is 2.94 bits per heavy atom. The maximum absolute atomic E-state index is 12.2. The van der Waals surface area contributed by atoms with Crippen LogP contribution in [0.4, 0.5) is 13.2 Å². The zero-order chi connectivity index (χ0) is 12.5. The van der Waals surface area contributed by atoms with Gasteiger partial charge in [0.1, 0.15) is 6.54 Å². The quantitative estimate of drug-likeness (QED) is 0.904. The van der Waals surface area contributed by atoms with Crippen molar-refractivity contribution < 1.29 is 18.0 Å². The third-order valence-corrected chi connectivity index (χ3v) is 3.51. The average molecular weight is 265 g/mol. The van der Waals surface area contributed by atoms with Crippen molar-refractivity contribution >= 4 is 17.7 Å². The molecule has 1 aromatic heterocycles. The molecule has 4 nitrogen and oxygen atoms in total. The van der Waals surface area contributed by atoms with Crippen molar-refractivity contribution in [2.75, 3.05) is 13.1 Å². The van der Waals surface area contributed by atoms with E-state index < -0.39 is 23.9 Å². The van der Waals surface area contributed by atoms with Gasteiger partial charge in [-0.2, -0.15) is 13.2 Å². The third-order valence-electron chi connectivity index (χ3n) is 2.35. The number of amides is 1. The van der Waals surface area contributed by atoms with Crippen LogP contribution in [0.5, 0.6) is 0 Å². The number of halogens is 3. The van der Waals surface area contributed by atoms with Gasteiger partial charge in [-0.1, -0.05) is 11.8 Å². The van der Waals surface area contributed by atoms with Gasteiger partial charge in [0, 0.05) is 18.9 Å². The molecule has 0 saturated carbocycles. The number of hydrogen-bond donors (Lipinski definition) is 1. The van der Waals surface area contributed by atoms with E-state index in [1.165, 1.54) is 18.0 Å². The van der Waals surface area contributed by atoms with Crippen molar-refractivity contribution in [2.45, 2.75) is 23.0 Å². The average Bonchev–Trinajstić information content (AvgIpc) is 2.81. The van der Waals surface area contributed by atoms with Crippen molar-refractivity contribution in [2.24, 2.45) is 0 Å². The fourth-order valence-electron chi connectivity index (χ4n) is 1.64. The SMILES string of the molecule is O=C1[C@H](Sc2ncc[nH]2)CCN1CC(F)(F)F. The summed E-state index contributed by atoms with van der Waals surface area (Å²) in [6.45, 7) is -1.02. The van der Waals surface area contributed by atoms with E-state index >= 15 is 0 Å². The van der Waals surface area contributed by atoms with Crippen LogP contribution in [0.25, 0.3) is 0 Å². The van der Waals surface area contributed by atoms with Crippen molar-refractivity contribution in [3.05, 3.63) is 12.4 Å². The highest BCUT2D eigenvalue weighted by Gasteiger charge is 2.39. The number of alkyl halides is 3. The first-order chi connectivity index (χ1) is 7.96. The van der Waals surface area contributed by atoms with Gasteiger partial charge in [0.15, 0.2) is 5.16 Å². The van der Waals surface area contributed by atoms with Crippen LogP contribution in [-0.4, -0.2) is 45.3 Å². The van der Waals surface area contributed by atoms with Gasteiger partial charge in [0.25, 0.3) is 0 Å². The molecule has 8 heteroatoms. The molecule has 94 valence electrons. The number of thioether (sulfide) groups is 1. The van der Waals surface area contributed by atoms with E-state index in [0.717, 1.165) is 4.90 Å². The summed E-state index contributed by atoms with van der Waals surface area (Å²) in [5, 5.41) is 0.0840. The fourth-order valence-corrected chi connectivity index (χ4v) is 2.64. The molecule has 1 fully saturated rings. The van der Waals surface area contributed by atoms with E-state index in [1.54, 1.807) is 6.20 Å². The predicted molar refractivity (Wildman–Crippen MR) is 55.5 cm³/mol. The highest BCUT2D eigenvalue weighted by atomic mass is 32.2. The molecule has 1 amide bonds.